The second-order valence-electron chi connectivity index (χ2n) is 2.93. The van der Waals surface area contributed by atoms with Crippen LogP contribution in [0.1, 0.15) is 12.8 Å². The molecule has 0 aliphatic rings. The van der Waals surface area contributed by atoms with E-state index < -0.39 is 0 Å². The molecule has 14 heavy (non-hydrogen) atoms. The number of rotatable bonds is 2. The fraction of sp³-hybridized carbons (Fsp3) is 0.0833. The van der Waals surface area contributed by atoms with Gasteiger partial charge in [-0.2, -0.15) is 0 Å². The van der Waals surface area contributed by atoms with Crippen molar-refractivity contribution >= 4 is 6.08 Å². The van der Waals surface area contributed by atoms with E-state index in [0.29, 0.717) is 5.89 Å². The molecule has 0 saturated carbocycles. The van der Waals surface area contributed by atoms with Crippen LogP contribution in [0.3, 0.4) is 0 Å². The van der Waals surface area contributed by atoms with Crippen LogP contribution in [0, 0.1) is 0 Å². The van der Waals surface area contributed by atoms with Gasteiger partial charge in [0.2, 0.25) is 5.89 Å². The molecule has 0 fully saturated rings. The Morgan fingerprint density at radius 1 is 1.21 bits per heavy atom. The molecule has 0 N–H and O–H groups in total. The van der Waals surface area contributed by atoms with Gasteiger partial charge in [0.05, 0.1) is 6.20 Å². The van der Waals surface area contributed by atoms with Gasteiger partial charge in [0.1, 0.15) is 0 Å². The van der Waals surface area contributed by atoms with E-state index in [9.17, 15) is 0 Å². The number of oxazole rings is 1. The lowest BCUT2D eigenvalue weighted by Crippen LogP contribution is -1.69. The molecule has 2 aromatic rings. The topological polar surface area (TPSA) is 26.0 Å². The van der Waals surface area contributed by atoms with E-state index in [-0.39, 0.29) is 0 Å². The molecule has 0 saturated heterocycles. The van der Waals surface area contributed by atoms with Crippen molar-refractivity contribution < 1.29 is 4.42 Å². The van der Waals surface area contributed by atoms with Gasteiger partial charge < -0.3 is 4.42 Å². The van der Waals surface area contributed by atoms with Gasteiger partial charge in [0.15, 0.2) is 5.76 Å². The van der Waals surface area contributed by atoms with Crippen molar-refractivity contribution in [2.45, 2.75) is 6.92 Å². The number of benzene rings is 1. The SMILES string of the molecule is CC=Cc1ncc(-c2ccccc2)o1. The van der Waals surface area contributed by atoms with Crippen molar-refractivity contribution in [2.24, 2.45) is 0 Å². The highest BCUT2D eigenvalue weighted by Gasteiger charge is 2.02. The maximum absolute atomic E-state index is 5.51. The van der Waals surface area contributed by atoms with Gasteiger partial charge in [0, 0.05) is 5.56 Å². The summed E-state index contributed by atoms with van der Waals surface area (Å²) >= 11 is 0. The molecule has 0 atom stereocenters. The average Bonchev–Trinajstić information content (AvgIpc) is 2.68. The molecule has 2 nitrogen and oxygen atoms in total. The fourth-order valence-electron chi connectivity index (χ4n) is 1.24. The van der Waals surface area contributed by atoms with E-state index in [0.717, 1.165) is 11.3 Å². The van der Waals surface area contributed by atoms with Crippen LogP contribution >= 0.6 is 0 Å². The maximum atomic E-state index is 5.51. The number of hydrogen-bond donors (Lipinski definition) is 0. The largest absolute Gasteiger partial charge is 0.437 e. The quantitative estimate of drug-likeness (QED) is 0.716. The number of aromatic nitrogens is 1. The van der Waals surface area contributed by atoms with Gasteiger partial charge in [-0.25, -0.2) is 4.98 Å². The first-order valence-electron chi connectivity index (χ1n) is 4.54. The first-order chi connectivity index (χ1) is 6.90. The van der Waals surface area contributed by atoms with E-state index in [1.807, 2.05) is 49.4 Å². The standard InChI is InChI=1S/C12H11NO/c1-2-6-12-13-9-11(14-12)10-7-4-3-5-8-10/h2-9H,1H3. The minimum atomic E-state index is 0.645. The molecule has 2 heteroatoms. The summed E-state index contributed by atoms with van der Waals surface area (Å²) in [7, 11) is 0. The molecular weight excluding hydrogens is 174 g/mol. The van der Waals surface area contributed by atoms with Crippen molar-refractivity contribution in [2.75, 3.05) is 0 Å². The zero-order valence-corrected chi connectivity index (χ0v) is 7.97. The summed E-state index contributed by atoms with van der Waals surface area (Å²) in [6, 6.07) is 9.94. The van der Waals surface area contributed by atoms with E-state index in [1.165, 1.54) is 0 Å². The Kier molecular flexibility index (Phi) is 2.45. The highest BCUT2D eigenvalue weighted by Crippen LogP contribution is 2.19. The molecule has 1 heterocycles. The van der Waals surface area contributed by atoms with Crippen LogP contribution in [0.15, 0.2) is 47.0 Å². The summed E-state index contributed by atoms with van der Waals surface area (Å²) in [5.41, 5.74) is 1.05. The minimum Gasteiger partial charge on any atom is -0.437 e. The Balaban J connectivity index is 2.34. The molecule has 1 aromatic heterocycles. The van der Waals surface area contributed by atoms with Gasteiger partial charge in [-0.1, -0.05) is 36.4 Å². The summed E-state index contributed by atoms with van der Waals surface area (Å²) in [6.45, 7) is 1.94. The highest BCUT2D eigenvalue weighted by molar-refractivity contribution is 5.57. The van der Waals surface area contributed by atoms with Gasteiger partial charge in [-0.05, 0) is 13.0 Å². The minimum absolute atomic E-state index is 0.645. The lowest BCUT2D eigenvalue weighted by Gasteiger charge is -1.92. The van der Waals surface area contributed by atoms with Crippen molar-refractivity contribution in [1.29, 1.82) is 0 Å². The van der Waals surface area contributed by atoms with E-state index >= 15 is 0 Å². The lowest BCUT2D eigenvalue weighted by atomic mass is 10.2. The Morgan fingerprint density at radius 3 is 2.71 bits per heavy atom. The second kappa shape index (κ2) is 3.92. The van der Waals surface area contributed by atoms with Crippen LogP contribution in [0.2, 0.25) is 0 Å². The molecule has 0 bridgehead atoms. The van der Waals surface area contributed by atoms with Crippen molar-refractivity contribution in [1.82, 2.24) is 4.98 Å². The Morgan fingerprint density at radius 2 is 2.00 bits per heavy atom. The van der Waals surface area contributed by atoms with Gasteiger partial charge in [-0.15, -0.1) is 0 Å². The molecule has 0 radical (unpaired) electrons. The first-order valence-corrected chi connectivity index (χ1v) is 4.54. The molecular formula is C12H11NO. The Hall–Kier alpha value is -1.83. The predicted octanol–water partition coefficient (Wildman–Crippen LogP) is 3.37. The van der Waals surface area contributed by atoms with Crippen LogP contribution < -0.4 is 0 Å². The second-order valence-corrected chi connectivity index (χ2v) is 2.93. The number of hydrogen-bond acceptors (Lipinski definition) is 2. The van der Waals surface area contributed by atoms with Crippen LogP contribution in [0.4, 0.5) is 0 Å². The number of allylic oxidation sites excluding steroid dienone is 1. The zero-order chi connectivity index (χ0) is 9.80. The predicted molar refractivity (Wildman–Crippen MR) is 56.6 cm³/mol. The fourth-order valence-corrected chi connectivity index (χ4v) is 1.24. The maximum Gasteiger partial charge on any atom is 0.219 e. The van der Waals surface area contributed by atoms with Crippen LogP contribution in [0.5, 0.6) is 0 Å². The lowest BCUT2D eigenvalue weighted by molar-refractivity contribution is 0.560. The van der Waals surface area contributed by atoms with Crippen molar-refractivity contribution in [3.8, 4) is 11.3 Å². The van der Waals surface area contributed by atoms with Gasteiger partial charge in [-0.3, -0.25) is 0 Å². The average molecular weight is 185 g/mol. The normalized spacial score (nSPS) is 10.9. The molecule has 0 amide bonds. The molecule has 70 valence electrons. The third-order valence-corrected chi connectivity index (χ3v) is 1.89. The van der Waals surface area contributed by atoms with Gasteiger partial charge in [0.25, 0.3) is 0 Å². The summed E-state index contributed by atoms with van der Waals surface area (Å²) in [6.07, 6.45) is 5.48. The molecule has 0 spiro atoms. The van der Waals surface area contributed by atoms with E-state index in [4.69, 9.17) is 4.42 Å². The van der Waals surface area contributed by atoms with Gasteiger partial charge >= 0.3 is 0 Å². The monoisotopic (exact) mass is 185 g/mol. The first kappa shape index (κ1) is 8.75. The molecule has 2 rings (SSSR count). The highest BCUT2D eigenvalue weighted by atomic mass is 16.4. The molecule has 0 unspecified atom stereocenters. The smallest absolute Gasteiger partial charge is 0.219 e. The van der Waals surface area contributed by atoms with Crippen molar-refractivity contribution in [3.63, 3.8) is 0 Å². The third kappa shape index (κ3) is 1.74. The molecule has 0 aliphatic carbocycles. The van der Waals surface area contributed by atoms with Crippen molar-refractivity contribution in [3.05, 3.63) is 48.5 Å². The Bertz CT molecular complexity index is 429. The van der Waals surface area contributed by atoms with Crippen LogP contribution in [-0.2, 0) is 0 Å². The van der Waals surface area contributed by atoms with E-state index in [2.05, 4.69) is 4.98 Å². The van der Waals surface area contributed by atoms with E-state index in [1.54, 1.807) is 6.20 Å². The van der Waals surface area contributed by atoms with Crippen LogP contribution in [0.25, 0.3) is 17.4 Å². The summed E-state index contributed by atoms with van der Waals surface area (Å²) < 4.78 is 5.51. The Labute approximate surface area is 82.9 Å². The van der Waals surface area contributed by atoms with Crippen LogP contribution in [-0.4, -0.2) is 4.98 Å². The summed E-state index contributed by atoms with van der Waals surface area (Å²) in [5, 5.41) is 0. The zero-order valence-electron chi connectivity index (χ0n) is 7.97. The number of nitrogens with zero attached hydrogens (tertiary/aromatic N) is 1. The molecule has 0 aliphatic heterocycles. The summed E-state index contributed by atoms with van der Waals surface area (Å²) in [5.74, 6) is 1.45. The third-order valence-electron chi connectivity index (χ3n) is 1.89. The summed E-state index contributed by atoms with van der Waals surface area (Å²) in [4.78, 5) is 4.13. The molecule has 1 aromatic carbocycles.